The van der Waals surface area contributed by atoms with Gasteiger partial charge in [-0.15, -0.1) is 0 Å². The molecule has 0 saturated heterocycles. The minimum absolute atomic E-state index is 0.0113. The summed E-state index contributed by atoms with van der Waals surface area (Å²) < 4.78 is 25.0. The minimum atomic E-state index is -0.334. The molecule has 0 heterocycles. The fourth-order valence-corrected chi connectivity index (χ4v) is 2.62. The molecule has 4 nitrogen and oxygen atoms in total. The van der Waals surface area contributed by atoms with Gasteiger partial charge in [-0.1, -0.05) is 12.1 Å². The summed E-state index contributed by atoms with van der Waals surface area (Å²) in [4.78, 5) is 11.0. The third-order valence-electron chi connectivity index (χ3n) is 3.97. The van der Waals surface area contributed by atoms with Gasteiger partial charge in [0.05, 0.1) is 6.61 Å². The Hall–Kier alpha value is -2.56. The standard InChI is InChI=1S/C21H26FNO3/c1-4-25-20-12-9-18(21(22)13-20)14-26-19-10-7-17(8-11-19)6-5-15(2)23-16(3)24/h7-13,15H,4-6,14H2,1-3H3,(H,23,24)/t15-/m0/s1. The average Bonchev–Trinajstić information content (AvgIpc) is 2.60. The van der Waals surface area contributed by atoms with Crippen molar-refractivity contribution in [2.24, 2.45) is 0 Å². The highest BCUT2D eigenvalue weighted by Gasteiger charge is 2.07. The fraction of sp³-hybridized carbons (Fsp3) is 0.381. The molecule has 1 atom stereocenters. The maximum atomic E-state index is 14.0. The number of halogens is 1. The largest absolute Gasteiger partial charge is 0.494 e. The van der Waals surface area contributed by atoms with E-state index < -0.39 is 0 Å². The topological polar surface area (TPSA) is 47.6 Å². The van der Waals surface area contributed by atoms with Gasteiger partial charge in [0.25, 0.3) is 0 Å². The highest BCUT2D eigenvalue weighted by Crippen LogP contribution is 2.20. The van der Waals surface area contributed by atoms with Crippen LogP contribution in [0.4, 0.5) is 4.39 Å². The fourth-order valence-electron chi connectivity index (χ4n) is 2.62. The van der Waals surface area contributed by atoms with Crippen LogP contribution >= 0.6 is 0 Å². The van der Waals surface area contributed by atoms with Gasteiger partial charge in [-0.3, -0.25) is 4.79 Å². The van der Waals surface area contributed by atoms with E-state index in [0.29, 0.717) is 23.7 Å². The Bertz CT molecular complexity index is 716. The van der Waals surface area contributed by atoms with Crippen molar-refractivity contribution < 1.29 is 18.7 Å². The Morgan fingerprint density at radius 1 is 1.12 bits per heavy atom. The van der Waals surface area contributed by atoms with Gasteiger partial charge < -0.3 is 14.8 Å². The normalized spacial score (nSPS) is 11.7. The lowest BCUT2D eigenvalue weighted by atomic mass is 10.1. The number of rotatable bonds is 9. The molecule has 0 spiro atoms. The van der Waals surface area contributed by atoms with Gasteiger partial charge in [0.1, 0.15) is 23.9 Å². The van der Waals surface area contributed by atoms with Gasteiger partial charge in [0.15, 0.2) is 0 Å². The van der Waals surface area contributed by atoms with E-state index in [9.17, 15) is 9.18 Å². The van der Waals surface area contributed by atoms with Crippen molar-refractivity contribution in [2.45, 2.75) is 46.3 Å². The lowest BCUT2D eigenvalue weighted by Gasteiger charge is -2.12. The summed E-state index contributed by atoms with van der Waals surface area (Å²) in [5, 5.41) is 2.87. The van der Waals surface area contributed by atoms with Crippen molar-refractivity contribution >= 4 is 5.91 Å². The Balaban J connectivity index is 1.84. The number of carbonyl (C=O) groups is 1. The number of nitrogens with one attached hydrogen (secondary N) is 1. The summed E-state index contributed by atoms with van der Waals surface area (Å²) in [5.41, 5.74) is 1.66. The quantitative estimate of drug-likeness (QED) is 0.728. The molecule has 0 bridgehead atoms. The van der Waals surface area contributed by atoms with E-state index in [4.69, 9.17) is 9.47 Å². The van der Waals surface area contributed by atoms with Gasteiger partial charge in [-0.2, -0.15) is 0 Å². The molecule has 0 fully saturated rings. The van der Waals surface area contributed by atoms with E-state index in [0.717, 1.165) is 12.8 Å². The summed E-state index contributed by atoms with van der Waals surface area (Å²) in [7, 11) is 0. The number of aryl methyl sites for hydroxylation is 1. The molecular formula is C21H26FNO3. The van der Waals surface area contributed by atoms with Crippen LogP contribution < -0.4 is 14.8 Å². The van der Waals surface area contributed by atoms with Crippen LogP contribution in [0.2, 0.25) is 0 Å². The molecule has 26 heavy (non-hydrogen) atoms. The first-order valence-corrected chi connectivity index (χ1v) is 8.88. The first-order chi connectivity index (χ1) is 12.5. The van der Waals surface area contributed by atoms with Crippen LogP contribution in [-0.4, -0.2) is 18.6 Å². The van der Waals surface area contributed by atoms with E-state index in [-0.39, 0.29) is 24.4 Å². The second kappa shape index (κ2) is 9.80. The Morgan fingerprint density at radius 3 is 2.42 bits per heavy atom. The van der Waals surface area contributed by atoms with Gasteiger partial charge in [0, 0.05) is 24.6 Å². The number of ether oxygens (including phenoxy) is 2. The predicted molar refractivity (Wildman–Crippen MR) is 99.9 cm³/mol. The van der Waals surface area contributed by atoms with Crippen molar-refractivity contribution in [1.82, 2.24) is 5.32 Å². The minimum Gasteiger partial charge on any atom is -0.494 e. The lowest BCUT2D eigenvalue weighted by molar-refractivity contribution is -0.119. The van der Waals surface area contributed by atoms with Crippen molar-refractivity contribution in [3.8, 4) is 11.5 Å². The molecule has 0 saturated carbocycles. The maximum absolute atomic E-state index is 14.0. The van der Waals surface area contributed by atoms with Gasteiger partial charge in [0.2, 0.25) is 5.91 Å². The van der Waals surface area contributed by atoms with E-state index in [1.807, 2.05) is 38.1 Å². The number of hydrogen-bond donors (Lipinski definition) is 1. The Morgan fingerprint density at radius 2 is 1.81 bits per heavy atom. The summed E-state index contributed by atoms with van der Waals surface area (Å²) in [6, 6.07) is 12.7. The molecule has 0 aliphatic carbocycles. The van der Waals surface area contributed by atoms with Crippen LogP contribution in [0, 0.1) is 5.82 Å². The molecule has 0 unspecified atom stereocenters. The van der Waals surface area contributed by atoms with E-state index in [1.54, 1.807) is 12.1 Å². The second-order valence-corrected chi connectivity index (χ2v) is 6.26. The molecule has 2 rings (SSSR count). The number of benzene rings is 2. The third kappa shape index (κ3) is 6.39. The van der Waals surface area contributed by atoms with Crippen LogP contribution in [0.5, 0.6) is 11.5 Å². The second-order valence-electron chi connectivity index (χ2n) is 6.26. The number of amides is 1. The molecule has 2 aromatic rings. The van der Waals surface area contributed by atoms with Gasteiger partial charge in [-0.25, -0.2) is 4.39 Å². The van der Waals surface area contributed by atoms with Gasteiger partial charge >= 0.3 is 0 Å². The lowest BCUT2D eigenvalue weighted by Crippen LogP contribution is -2.30. The monoisotopic (exact) mass is 359 g/mol. The molecular weight excluding hydrogens is 333 g/mol. The predicted octanol–water partition coefficient (Wildman–Crippen LogP) is 4.26. The summed E-state index contributed by atoms with van der Waals surface area (Å²) >= 11 is 0. The van der Waals surface area contributed by atoms with Gasteiger partial charge in [-0.05, 0) is 56.5 Å². The van der Waals surface area contributed by atoms with Crippen LogP contribution in [-0.2, 0) is 17.8 Å². The van der Waals surface area contributed by atoms with Crippen LogP contribution in [0.25, 0.3) is 0 Å². The summed E-state index contributed by atoms with van der Waals surface area (Å²) in [6.07, 6.45) is 1.74. The molecule has 0 aliphatic rings. The molecule has 0 aromatic heterocycles. The molecule has 1 N–H and O–H groups in total. The number of hydrogen-bond acceptors (Lipinski definition) is 3. The van der Waals surface area contributed by atoms with Crippen molar-refractivity contribution in [2.75, 3.05) is 6.61 Å². The molecule has 5 heteroatoms. The first-order valence-electron chi connectivity index (χ1n) is 8.88. The summed E-state index contributed by atoms with van der Waals surface area (Å²) in [5.74, 6) is 0.867. The third-order valence-corrected chi connectivity index (χ3v) is 3.97. The zero-order chi connectivity index (χ0) is 18.9. The molecule has 2 aromatic carbocycles. The van der Waals surface area contributed by atoms with Crippen molar-refractivity contribution in [3.63, 3.8) is 0 Å². The molecule has 140 valence electrons. The number of carbonyl (C=O) groups excluding carboxylic acids is 1. The Labute approximate surface area is 154 Å². The first kappa shape index (κ1) is 19.8. The Kier molecular flexibility index (Phi) is 7.45. The highest BCUT2D eigenvalue weighted by molar-refractivity contribution is 5.73. The SMILES string of the molecule is CCOc1ccc(COc2ccc(CC[C@H](C)NC(C)=O)cc2)c(F)c1. The van der Waals surface area contributed by atoms with Crippen molar-refractivity contribution in [3.05, 3.63) is 59.4 Å². The van der Waals surface area contributed by atoms with E-state index in [1.165, 1.54) is 18.6 Å². The summed E-state index contributed by atoms with van der Waals surface area (Å²) in [6.45, 7) is 6.04. The smallest absolute Gasteiger partial charge is 0.217 e. The van der Waals surface area contributed by atoms with Crippen LogP contribution in [0.15, 0.2) is 42.5 Å². The van der Waals surface area contributed by atoms with Crippen LogP contribution in [0.1, 0.15) is 38.3 Å². The molecule has 0 aliphatic heterocycles. The zero-order valence-corrected chi connectivity index (χ0v) is 15.5. The van der Waals surface area contributed by atoms with Crippen LogP contribution in [0.3, 0.4) is 0 Å². The molecule has 0 radical (unpaired) electrons. The van der Waals surface area contributed by atoms with Crippen molar-refractivity contribution in [1.29, 1.82) is 0 Å². The van der Waals surface area contributed by atoms with E-state index >= 15 is 0 Å². The molecule has 1 amide bonds. The van der Waals surface area contributed by atoms with E-state index in [2.05, 4.69) is 5.32 Å². The average molecular weight is 359 g/mol. The zero-order valence-electron chi connectivity index (χ0n) is 15.5. The maximum Gasteiger partial charge on any atom is 0.217 e. The highest BCUT2D eigenvalue weighted by atomic mass is 19.1.